The molecule has 28 heavy (non-hydrogen) atoms. The predicted molar refractivity (Wildman–Crippen MR) is 111 cm³/mol. The van der Waals surface area contributed by atoms with Gasteiger partial charge in [-0.3, -0.25) is 14.6 Å². The first-order valence-electron chi connectivity index (χ1n) is 9.21. The first-order valence-corrected chi connectivity index (χ1v) is 10.0. The van der Waals surface area contributed by atoms with E-state index in [2.05, 4.69) is 31.5 Å². The van der Waals surface area contributed by atoms with E-state index in [0.717, 1.165) is 28.3 Å². The molecule has 1 aliphatic heterocycles. The summed E-state index contributed by atoms with van der Waals surface area (Å²) in [4.78, 5) is 34.1. The first kappa shape index (κ1) is 18.6. The summed E-state index contributed by atoms with van der Waals surface area (Å²) in [5, 5.41) is 6.50. The molecule has 0 saturated carbocycles. The van der Waals surface area contributed by atoms with Gasteiger partial charge in [-0.1, -0.05) is 15.9 Å². The number of nitrogens with zero attached hydrogens (tertiary/aromatic N) is 2. The molecule has 4 rings (SSSR count). The fourth-order valence-electron chi connectivity index (χ4n) is 3.37. The summed E-state index contributed by atoms with van der Waals surface area (Å²) < 4.78 is 0.861. The lowest BCUT2D eigenvalue weighted by Crippen LogP contribution is -2.45. The second kappa shape index (κ2) is 8.06. The van der Waals surface area contributed by atoms with Crippen molar-refractivity contribution in [1.29, 1.82) is 0 Å². The van der Waals surface area contributed by atoms with Gasteiger partial charge in [0, 0.05) is 34.4 Å². The van der Waals surface area contributed by atoms with E-state index in [1.807, 2.05) is 30.3 Å². The van der Waals surface area contributed by atoms with Crippen LogP contribution < -0.4 is 10.6 Å². The van der Waals surface area contributed by atoms with Gasteiger partial charge in [0.1, 0.15) is 6.04 Å². The zero-order chi connectivity index (χ0) is 19.5. The van der Waals surface area contributed by atoms with E-state index in [0.29, 0.717) is 29.7 Å². The fourth-order valence-corrected chi connectivity index (χ4v) is 3.73. The molecule has 142 valence electrons. The number of amides is 2. The van der Waals surface area contributed by atoms with Crippen LogP contribution in [0.3, 0.4) is 0 Å². The van der Waals surface area contributed by atoms with Crippen molar-refractivity contribution in [2.45, 2.75) is 25.3 Å². The average Bonchev–Trinajstić information content (AvgIpc) is 2.92. The Bertz CT molecular complexity index is 1040. The van der Waals surface area contributed by atoms with Gasteiger partial charge in [0.05, 0.1) is 16.8 Å². The van der Waals surface area contributed by atoms with Crippen LogP contribution in [0.2, 0.25) is 0 Å². The van der Waals surface area contributed by atoms with E-state index in [1.54, 1.807) is 18.5 Å². The minimum atomic E-state index is -0.519. The second-order valence-electron chi connectivity index (χ2n) is 6.77. The molecular weight excluding hydrogens is 420 g/mol. The molecule has 7 heteroatoms. The van der Waals surface area contributed by atoms with E-state index in [-0.39, 0.29) is 11.8 Å². The van der Waals surface area contributed by atoms with E-state index >= 15 is 0 Å². The molecule has 0 bridgehead atoms. The SMILES string of the molecule is O=C(NC1CCCCNC1=O)c1cc(-c2ccncc2)nc2ccc(Br)cc12. The van der Waals surface area contributed by atoms with Gasteiger partial charge in [-0.2, -0.15) is 0 Å². The highest BCUT2D eigenvalue weighted by atomic mass is 79.9. The average molecular weight is 439 g/mol. The van der Waals surface area contributed by atoms with Gasteiger partial charge < -0.3 is 10.6 Å². The number of halogens is 1. The summed E-state index contributed by atoms with van der Waals surface area (Å²) in [6.07, 6.45) is 5.85. The van der Waals surface area contributed by atoms with Gasteiger partial charge in [-0.25, -0.2) is 4.98 Å². The molecule has 1 aliphatic rings. The number of hydrogen-bond acceptors (Lipinski definition) is 4. The maximum atomic E-state index is 13.1. The lowest BCUT2D eigenvalue weighted by Gasteiger charge is -2.17. The monoisotopic (exact) mass is 438 g/mol. The largest absolute Gasteiger partial charge is 0.354 e. The Morgan fingerprint density at radius 1 is 1.14 bits per heavy atom. The third-order valence-corrected chi connectivity index (χ3v) is 5.33. The summed E-state index contributed by atoms with van der Waals surface area (Å²) >= 11 is 3.47. The standard InChI is InChI=1S/C21H19BrN4O2/c22-14-4-5-17-15(11-14)16(12-19(25-17)13-6-9-23-10-7-13)20(27)26-18-3-1-2-8-24-21(18)28/h4-7,9-12,18H,1-3,8H2,(H,24,28)(H,26,27). The molecule has 1 unspecified atom stereocenters. The minimum Gasteiger partial charge on any atom is -0.354 e. The number of carbonyl (C=O) groups is 2. The van der Waals surface area contributed by atoms with Crippen molar-refractivity contribution < 1.29 is 9.59 Å². The normalized spacial score (nSPS) is 17.0. The van der Waals surface area contributed by atoms with Crippen LogP contribution >= 0.6 is 15.9 Å². The third-order valence-electron chi connectivity index (χ3n) is 4.83. The number of carbonyl (C=O) groups excluding carboxylic acids is 2. The third kappa shape index (κ3) is 3.89. The van der Waals surface area contributed by atoms with Crippen LogP contribution in [-0.2, 0) is 4.79 Å². The molecule has 3 heterocycles. The highest BCUT2D eigenvalue weighted by Gasteiger charge is 2.24. The van der Waals surface area contributed by atoms with E-state index in [1.165, 1.54) is 0 Å². The van der Waals surface area contributed by atoms with Gasteiger partial charge in [0.2, 0.25) is 5.91 Å². The number of nitrogens with one attached hydrogen (secondary N) is 2. The molecule has 3 aromatic rings. The molecule has 1 atom stereocenters. The minimum absolute atomic E-state index is 0.125. The first-order chi connectivity index (χ1) is 13.6. The lowest BCUT2D eigenvalue weighted by molar-refractivity contribution is -0.122. The molecule has 2 N–H and O–H groups in total. The molecule has 1 fully saturated rings. The zero-order valence-electron chi connectivity index (χ0n) is 15.1. The smallest absolute Gasteiger partial charge is 0.252 e. The Hall–Kier alpha value is -2.80. The van der Waals surface area contributed by atoms with Crippen molar-refractivity contribution in [1.82, 2.24) is 20.6 Å². The number of benzene rings is 1. The topological polar surface area (TPSA) is 84.0 Å². The number of aromatic nitrogens is 2. The molecule has 0 radical (unpaired) electrons. The van der Waals surface area contributed by atoms with Crippen LogP contribution in [0.5, 0.6) is 0 Å². The van der Waals surface area contributed by atoms with E-state index in [4.69, 9.17) is 4.98 Å². The summed E-state index contributed by atoms with van der Waals surface area (Å²) in [6.45, 7) is 0.655. The molecule has 2 aromatic heterocycles. The maximum absolute atomic E-state index is 13.1. The Kier molecular flexibility index (Phi) is 5.34. The molecule has 0 aliphatic carbocycles. The van der Waals surface area contributed by atoms with Crippen LogP contribution in [0.1, 0.15) is 29.6 Å². The van der Waals surface area contributed by atoms with E-state index in [9.17, 15) is 9.59 Å². The van der Waals surface area contributed by atoms with Crippen molar-refractivity contribution >= 4 is 38.6 Å². The summed E-state index contributed by atoms with van der Waals surface area (Å²) in [7, 11) is 0. The molecule has 1 saturated heterocycles. The van der Waals surface area contributed by atoms with Gasteiger partial charge in [-0.05, 0) is 55.7 Å². The van der Waals surface area contributed by atoms with Crippen molar-refractivity contribution in [3.63, 3.8) is 0 Å². The number of hydrogen-bond donors (Lipinski definition) is 2. The molecule has 0 spiro atoms. The van der Waals surface area contributed by atoms with E-state index < -0.39 is 6.04 Å². The lowest BCUT2D eigenvalue weighted by atomic mass is 10.0. The van der Waals surface area contributed by atoms with Crippen molar-refractivity contribution in [3.05, 3.63) is 58.8 Å². The van der Waals surface area contributed by atoms with Crippen molar-refractivity contribution in [3.8, 4) is 11.3 Å². The van der Waals surface area contributed by atoms with Crippen LogP contribution in [0.25, 0.3) is 22.2 Å². The zero-order valence-corrected chi connectivity index (χ0v) is 16.7. The molecule has 2 amide bonds. The molecule has 1 aromatic carbocycles. The number of pyridine rings is 2. The van der Waals surface area contributed by atoms with Gasteiger partial charge in [0.15, 0.2) is 0 Å². The molecule has 6 nitrogen and oxygen atoms in total. The summed E-state index contributed by atoms with van der Waals surface area (Å²) in [5.41, 5.74) is 2.77. The second-order valence-corrected chi connectivity index (χ2v) is 7.68. The number of fused-ring (bicyclic) bond motifs is 1. The highest BCUT2D eigenvalue weighted by Crippen LogP contribution is 2.27. The van der Waals surface area contributed by atoms with Crippen molar-refractivity contribution in [2.75, 3.05) is 6.54 Å². The molecular formula is C21H19BrN4O2. The Morgan fingerprint density at radius 3 is 2.79 bits per heavy atom. The van der Waals surface area contributed by atoms with Crippen LogP contribution in [0, 0.1) is 0 Å². The fraction of sp³-hybridized carbons (Fsp3) is 0.238. The van der Waals surface area contributed by atoms with Gasteiger partial charge >= 0.3 is 0 Å². The van der Waals surface area contributed by atoms with Crippen LogP contribution in [0.15, 0.2) is 53.3 Å². The van der Waals surface area contributed by atoms with Crippen LogP contribution in [0.4, 0.5) is 0 Å². The number of rotatable bonds is 3. The quantitative estimate of drug-likeness (QED) is 0.655. The van der Waals surface area contributed by atoms with Crippen molar-refractivity contribution in [2.24, 2.45) is 0 Å². The maximum Gasteiger partial charge on any atom is 0.252 e. The highest BCUT2D eigenvalue weighted by molar-refractivity contribution is 9.10. The predicted octanol–water partition coefficient (Wildman–Crippen LogP) is 3.46. The van der Waals surface area contributed by atoms with Gasteiger partial charge in [0.25, 0.3) is 5.91 Å². The summed E-state index contributed by atoms with van der Waals surface area (Å²) in [6, 6.07) is 10.6. The van der Waals surface area contributed by atoms with Gasteiger partial charge in [-0.15, -0.1) is 0 Å². The summed E-state index contributed by atoms with van der Waals surface area (Å²) in [5.74, 6) is -0.400. The Balaban J connectivity index is 1.76. The Morgan fingerprint density at radius 2 is 1.96 bits per heavy atom. The van der Waals surface area contributed by atoms with Crippen LogP contribution in [-0.4, -0.2) is 34.4 Å². The Labute approximate surface area is 170 Å².